The van der Waals surface area contributed by atoms with E-state index in [1.54, 1.807) is 12.3 Å². The van der Waals surface area contributed by atoms with Gasteiger partial charge in [-0.1, -0.05) is 26.8 Å². The summed E-state index contributed by atoms with van der Waals surface area (Å²) in [6.45, 7) is 6.74. The fraction of sp³-hybridized carbons (Fsp3) is 0.462. The van der Waals surface area contributed by atoms with Gasteiger partial charge in [-0.05, 0) is 23.1 Å². The molecule has 0 spiro atoms. The molecule has 0 bridgehead atoms. The number of aliphatic hydroxyl groups is 1. The number of aliphatic imine (C=N–C) groups is 1. The lowest BCUT2D eigenvalue weighted by Gasteiger charge is -2.19. The van der Waals surface area contributed by atoms with Crippen LogP contribution in [0.3, 0.4) is 0 Å². The largest absolute Gasteiger partial charge is 0.507 e. The SMILES string of the molecule is CC(C)(C)c1ccc(O)c(C=NCCO)c1. The Morgan fingerprint density at radius 3 is 2.56 bits per heavy atom. The minimum atomic E-state index is 0.0240. The molecule has 1 rings (SSSR count). The summed E-state index contributed by atoms with van der Waals surface area (Å²) in [5.41, 5.74) is 1.89. The van der Waals surface area contributed by atoms with Crippen LogP contribution in [-0.4, -0.2) is 29.6 Å². The third-order valence-corrected chi connectivity index (χ3v) is 2.35. The molecule has 0 saturated carbocycles. The molecule has 3 heteroatoms. The Morgan fingerprint density at radius 1 is 1.31 bits per heavy atom. The molecule has 0 saturated heterocycles. The van der Waals surface area contributed by atoms with E-state index in [2.05, 4.69) is 25.8 Å². The quantitative estimate of drug-likeness (QED) is 0.768. The van der Waals surface area contributed by atoms with Crippen molar-refractivity contribution in [2.45, 2.75) is 26.2 Å². The molecular weight excluding hydrogens is 202 g/mol. The lowest BCUT2D eigenvalue weighted by atomic mass is 9.86. The Labute approximate surface area is 96.5 Å². The van der Waals surface area contributed by atoms with Crippen LogP contribution in [0.2, 0.25) is 0 Å². The van der Waals surface area contributed by atoms with Crippen LogP contribution in [-0.2, 0) is 5.41 Å². The predicted molar refractivity (Wildman–Crippen MR) is 66.4 cm³/mol. The van der Waals surface area contributed by atoms with Crippen molar-refractivity contribution in [2.75, 3.05) is 13.2 Å². The van der Waals surface area contributed by atoms with E-state index in [0.717, 1.165) is 5.56 Å². The molecule has 0 aliphatic heterocycles. The highest BCUT2D eigenvalue weighted by Crippen LogP contribution is 2.26. The number of hydrogen-bond donors (Lipinski definition) is 2. The van der Waals surface area contributed by atoms with E-state index < -0.39 is 0 Å². The summed E-state index contributed by atoms with van der Waals surface area (Å²) >= 11 is 0. The molecule has 0 unspecified atom stereocenters. The van der Waals surface area contributed by atoms with E-state index in [9.17, 15) is 5.11 Å². The Kier molecular flexibility index (Phi) is 4.07. The standard InChI is InChI=1S/C13H19NO2/c1-13(2,3)11-4-5-12(16)10(8-11)9-14-6-7-15/h4-5,8-9,15-16H,6-7H2,1-3H3. The molecule has 0 heterocycles. The molecule has 0 atom stereocenters. The zero-order valence-electron chi connectivity index (χ0n) is 10.1. The van der Waals surface area contributed by atoms with Gasteiger partial charge in [-0.2, -0.15) is 0 Å². The summed E-state index contributed by atoms with van der Waals surface area (Å²) in [5, 5.41) is 18.3. The van der Waals surface area contributed by atoms with Gasteiger partial charge < -0.3 is 10.2 Å². The van der Waals surface area contributed by atoms with Crippen LogP contribution >= 0.6 is 0 Å². The van der Waals surface area contributed by atoms with Crippen LogP contribution in [0.1, 0.15) is 31.9 Å². The van der Waals surface area contributed by atoms with E-state index in [-0.39, 0.29) is 17.8 Å². The molecule has 2 N–H and O–H groups in total. The average molecular weight is 221 g/mol. The van der Waals surface area contributed by atoms with E-state index >= 15 is 0 Å². The summed E-state index contributed by atoms with van der Waals surface area (Å²) in [4.78, 5) is 4.01. The number of aliphatic hydroxyl groups excluding tert-OH is 1. The fourth-order valence-electron chi connectivity index (χ4n) is 1.35. The van der Waals surface area contributed by atoms with E-state index in [1.807, 2.05) is 12.1 Å². The van der Waals surface area contributed by atoms with Crippen molar-refractivity contribution in [3.63, 3.8) is 0 Å². The van der Waals surface area contributed by atoms with Crippen molar-refractivity contribution < 1.29 is 10.2 Å². The number of rotatable bonds is 3. The number of benzene rings is 1. The van der Waals surface area contributed by atoms with E-state index in [0.29, 0.717) is 12.1 Å². The summed E-state index contributed by atoms with van der Waals surface area (Å²) < 4.78 is 0. The zero-order valence-corrected chi connectivity index (χ0v) is 10.1. The molecule has 0 radical (unpaired) electrons. The van der Waals surface area contributed by atoms with Crippen molar-refractivity contribution in [3.8, 4) is 5.75 Å². The number of phenolic OH excluding ortho intramolecular Hbond substituents is 1. The number of aromatic hydroxyl groups is 1. The molecule has 0 amide bonds. The third-order valence-electron chi connectivity index (χ3n) is 2.35. The fourth-order valence-corrected chi connectivity index (χ4v) is 1.35. The van der Waals surface area contributed by atoms with Gasteiger partial charge in [0.2, 0.25) is 0 Å². The van der Waals surface area contributed by atoms with Crippen molar-refractivity contribution >= 4 is 6.21 Å². The highest BCUT2D eigenvalue weighted by molar-refractivity contribution is 5.83. The van der Waals surface area contributed by atoms with E-state index in [1.165, 1.54) is 0 Å². The van der Waals surface area contributed by atoms with Gasteiger partial charge in [0.05, 0.1) is 13.2 Å². The van der Waals surface area contributed by atoms with Gasteiger partial charge >= 0.3 is 0 Å². The van der Waals surface area contributed by atoms with Crippen molar-refractivity contribution in [1.29, 1.82) is 0 Å². The highest BCUT2D eigenvalue weighted by Gasteiger charge is 2.14. The zero-order chi connectivity index (χ0) is 12.2. The summed E-state index contributed by atoms with van der Waals surface area (Å²) in [7, 11) is 0. The molecule has 0 aliphatic carbocycles. The Balaban J connectivity index is 3.00. The first kappa shape index (κ1) is 12.7. The Morgan fingerprint density at radius 2 is 2.00 bits per heavy atom. The minimum absolute atomic E-state index is 0.0240. The van der Waals surface area contributed by atoms with Gasteiger partial charge in [0.1, 0.15) is 5.75 Å². The van der Waals surface area contributed by atoms with Gasteiger partial charge in [0.25, 0.3) is 0 Å². The molecule has 3 nitrogen and oxygen atoms in total. The molecule has 0 aromatic heterocycles. The maximum Gasteiger partial charge on any atom is 0.124 e. The van der Waals surface area contributed by atoms with Gasteiger partial charge in [0.15, 0.2) is 0 Å². The first-order valence-corrected chi connectivity index (χ1v) is 5.39. The van der Waals surface area contributed by atoms with Crippen LogP contribution in [0.15, 0.2) is 23.2 Å². The summed E-state index contributed by atoms with van der Waals surface area (Å²) in [6, 6.07) is 5.52. The molecular formula is C13H19NO2. The van der Waals surface area contributed by atoms with Crippen LogP contribution in [0.4, 0.5) is 0 Å². The van der Waals surface area contributed by atoms with Gasteiger partial charge in [-0.25, -0.2) is 0 Å². The lowest BCUT2D eigenvalue weighted by Crippen LogP contribution is -2.11. The minimum Gasteiger partial charge on any atom is -0.507 e. The molecule has 0 aliphatic rings. The first-order chi connectivity index (χ1) is 7.45. The van der Waals surface area contributed by atoms with Gasteiger partial charge in [-0.3, -0.25) is 4.99 Å². The van der Waals surface area contributed by atoms with Crippen LogP contribution in [0.5, 0.6) is 5.75 Å². The Hall–Kier alpha value is -1.35. The smallest absolute Gasteiger partial charge is 0.124 e. The monoisotopic (exact) mass is 221 g/mol. The van der Waals surface area contributed by atoms with Crippen molar-refractivity contribution in [2.24, 2.45) is 4.99 Å². The number of hydrogen-bond acceptors (Lipinski definition) is 3. The molecule has 88 valence electrons. The first-order valence-electron chi connectivity index (χ1n) is 5.39. The third kappa shape index (κ3) is 3.35. The molecule has 16 heavy (non-hydrogen) atoms. The second kappa shape index (κ2) is 5.12. The number of nitrogens with zero attached hydrogens (tertiary/aromatic N) is 1. The van der Waals surface area contributed by atoms with E-state index in [4.69, 9.17) is 5.11 Å². The maximum atomic E-state index is 9.65. The topological polar surface area (TPSA) is 52.8 Å². The van der Waals surface area contributed by atoms with Gasteiger partial charge in [0, 0.05) is 11.8 Å². The summed E-state index contributed by atoms with van der Waals surface area (Å²) in [6.07, 6.45) is 1.60. The molecule has 1 aromatic carbocycles. The number of phenols is 1. The molecule has 1 aromatic rings. The second-order valence-corrected chi connectivity index (χ2v) is 4.78. The van der Waals surface area contributed by atoms with Crippen molar-refractivity contribution in [3.05, 3.63) is 29.3 Å². The normalized spacial score (nSPS) is 12.2. The highest BCUT2D eigenvalue weighted by atomic mass is 16.3. The van der Waals surface area contributed by atoms with Crippen LogP contribution in [0, 0.1) is 0 Å². The Bertz CT molecular complexity index is 378. The predicted octanol–water partition coefficient (Wildman–Crippen LogP) is 2.10. The van der Waals surface area contributed by atoms with Gasteiger partial charge in [-0.15, -0.1) is 0 Å². The summed E-state index contributed by atoms with van der Waals surface area (Å²) in [5.74, 6) is 0.217. The van der Waals surface area contributed by atoms with Crippen LogP contribution in [0.25, 0.3) is 0 Å². The maximum absolute atomic E-state index is 9.65. The lowest BCUT2D eigenvalue weighted by molar-refractivity contribution is 0.307. The second-order valence-electron chi connectivity index (χ2n) is 4.78. The molecule has 0 fully saturated rings. The van der Waals surface area contributed by atoms with Crippen molar-refractivity contribution in [1.82, 2.24) is 0 Å². The average Bonchev–Trinajstić information content (AvgIpc) is 2.19. The van der Waals surface area contributed by atoms with Crippen LogP contribution < -0.4 is 0 Å².